The second-order valence-electron chi connectivity index (χ2n) is 6.08. The summed E-state index contributed by atoms with van der Waals surface area (Å²) in [6.45, 7) is 3.33. The summed E-state index contributed by atoms with van der Waals surface area (Å²) in [5, 5.41) is 0. The van der Waals surface area contributed by atoms with Crippen LogP contribution in [0.15, 0.2) is 12.1 Å². The first kappa shape index (κ1) is 13.9. The van der Waals surface area contributed by atoms with E-state index in [0.29, 0.717) is 6.04 Å². The minimum absolute atomic E-state index is 0.161. The smallest absolute Gasteiger partial charge is 0.0931 e. The van der Waals surface area contributed by atoms with E-state index in [1.165, 1.54) is 43.5 Å². The van der Waals surface area contributed by atoms with Crippen molar-refractivity contribution < 1.29 is 0 Å². The zero-order valence-electron chi connectivity index (χ0n) is 11.5. The Morgan fingerprint density at radius 1 is 1.32 bits per heavy atom. The Balaban J connectivity index is 1.87. The second kappa shape index (κ2) is 5.72. The van der Waals surface area contributed by atoms with Crippen molar-refractivity contribution in [1.82, 2.24) is 4.90 Å². The van der Waals surface area contributed by atoms with Crippen LogP contribution in [0, 0.1) is 5.92 Å². The molecule has 0 aromatic carbocycles. The molecule has 2 nitrogen and oxygen atoms in total. The zero-order chi connectivity index (χ0) is 13.4. The molecule has 2 fully saturated rings. The van der Waals surface area contributed by atoms with E-state index in [9.17, 15) is 0 Å². The highest BCUT2D eigenvalue weighted by molar-refractivity contribution is 7.16. The van der Waals surface area contributed by atoms with Crippen LogP contribution in [0.4, 0.5) is 0 Å². The molecular formula is C15H23ClN2S. The summed E-state index contributed by atoms with van der Waals surface area (Å²) >= 11 is 7.81. The molecule has 1 saturated carbocycles. The zero-order valence-corrected chi connectivity index (χ0v) is 13.1. The normalized spacial score (nSPS) is 31.1. The number of hydrogen-bond donors (Lipinski definition) is 1. The lowest BCUT2D eigenvalue weighted by Gasteiger charge is -2.44. The van der Waals surface area contributed by atoms with Crippen LogP contribution < -0.4 is 5.73 Å². The van der Waals surface area contributed by atoms with Crippen molar-refractivity contribution in [3.63, 3.8) is 0 Å². The van der Waals surface area contributed by atoms with E-state index in [-0.39, 0.29) is 6.04 Å². The van der Waals surface area contributed by atoms with Gasteiger partial charge in [0.05, 0.1) is 10.4 Å². The SMILES string of the molecule is CC(N)C(c1ccc(Cl)s1)N1CCCC2CCCC21. The molecule has 4 heteroatoms. The van der Waals surface area contributed by atoms with Crippen LogP contribution in [0.1, 0.15) is 49.9 Å². The summed E-state index contributed by atoms with van der Waals surface area (Å²) in [4.78, 5) is 4.03. The van der Waals surface area contributed by atoms with Gasteiger partial charge in [0, 0.05) is 17.0 Å². The number of halogens is 1. The van der Waals surface area contributed by atoms with Crippen LogP contribution in [-0.4, -0.2) is 23.5 Å². The third-order valence-electron chi connectivity index (χ3n) is 4.78. The molecule has 3 rings (SSSR count). The average molecular weight is 299 g/mol. The summed E-state index contributed by atoms with van der Waals surface area (Å²) < 4.78 is 0.876. The number of piperidine rings is 1. The number of fused-ring (bicyclic) bond motifs is 1. The number of nitrogens with zero attached hydrogens (tertiary/aromatic N) is 1. The van der Waals surface area contributed by atoms with Crippen molar-refractivity contribution in [1.29, 1.82) is 0 Å². The Hall–Kier alpha value is -0.0900. The van der Waals surface area contributed by atoms with E-state index in [4.69, 9.17) is 17.3 Å². The molecule has 1 saturated heterocycles. The molecule has 106 valence electrons. The van der Waals surface area contributed by atoms with Crippen molar-refractivity contribution in [3.8, 4) is 0 Å². The van der Waals surface area contributed by atoms with Gasteiger partial charge >= 0.3 is 0 Å². The number of rotatable bonds is 3. The topological polar surface area (TPSA) is 29.3 Å². The molecule has 1 aromatic rings. The summed E-state index contributed by atoms with van der Waals surface area (Å²) in [5.74, 6) is 0.908. The molecule has 0 amide bonds. The van der Waals surface area contributed by atoms with Crippen molar-refractivity contribution in [3.05, 3.63) is 21.3 Å². The molecule has 4 unspecified atom stereocenters. The maximum Gasteiger partial charge on any atom is 0.0931 e. The van der Waals surface area contributed by atoms with Gasteiger partial charge in [-0.25, -0.2) is 0 Å². The highest BCUT2D eigenvalue weighted by Crippen LogP contribution is 2.43. The van der Waals surface area contributed by atoms with Gasteiger partial charge in [0.1, 0.15) is 0 Å². The Morgan fingerprint density at radius 2 is 2.11 bits per heavy atom. The van der Waals surface area contributed by atoms with E-state index in [1.807, 2.05) is 6.07 Å². The highest BCUT2D eigenvalue weighted by atomic mass is 35.5. The molecule has 4 atom stereocenters. The first-order valence-corrected chi connectivity index (χ1v) is 8.63. The highest BCUT2D eigenvalue weighted by Gasteiger charge is 2.39. The second-order valence-corrected chi connectivity index (χ2v) is 7.83. The minimum atomic E-state index is 0.161. The monoisotopic (exact) mass is 298 g/mol. The van der Waals surface area contributed by atoms with E-state index < -0.39 is 0 Å². The molecule has 2 N–H and O–H groups in total. The predicted molar refractivity (Wildman–Crippen MR) is 82.8 cm³/mol. The fourth-order valence-corrected chi connectivity index (χ4v) is 5.35. The third-order valence-corrected chi connectivity index (χ3v) is 6.08. The standard InChI is InChI=1S/C15H23ClN2S/c1-10(17)15(13-7-8-14(16)19-13)18-9-3-5-11-4-2-6-12(11)18/h7-8,10-12,15H,2-6,9,17H2,1H3. The quantitative estimate of drug-likeness (QED) is 0.912. The maximum atomic E-state index is 6.31. The van der Waals surface area contributed by atoms with E-state index >= 15 is 0 Å². The molecule has 2 aliphatic rings. The molecule has 1 aromatic heterocycles. The van der Waals surface area contributed by atoms with Gasteiger partial charge in [-0.2, -0.15) is 0 Å². The fraction of sp³-hybridized carbons (Fsp3) is 0.733. The molecule has 0 spiro atoms. The summed E-state index contributed by atoms with van der Waals surface area (Å²) in [6.07, 6.45) is 6.90. The fourth-order valence-electron chi connectivity index (χ4n) is 4.05. The van der Waals surface area contributed by atoms with Gasteiger partial charge in [-0.3, -0.25) is 4.90 Å². The first-order valence-electron chi connectivity index (χ1n) is 7.43. The summed E-state index contributed by atoms with van der Waals surface area (Å²) in [6, 6.07) is 5.44. The lowest BCUT2D eigenvalue weighted by atomic mass is 9.89. The molecule has 19 heavy (non-hydrogen) atoms. The molecule has 1 aliphatic carbocycles. The van der Waals surface area contributed by atoms with Crippen molar-refractivity contribution in [2.75, 3.05) is 6.54 Å². The Kier molecular flexibility index (Phi) is 4.18. The van der Waals surface area contributed by atoms with E-state index in [2.05, 4.69) is 17.9 Å². The van der Waals surface area contributed by atoms with Gasteiger partial charge in [-0.05, 0) is 57.2 Å². The molecule has 2 heterocycles. The van der Waals surface area contributed by atoms with Crippen LogP contribution in [0.5, 0.6) is 0 Å². The average Bonchev–Trinajstić information content (AvgIpc) is 2.98. The van der Waals surface area contributed by atoms with E-state index in [0.717, 1.165) is 16.3 Å². The molecular weight excluding hydrogens is 276 g/mol. The minimum Gasteiger partial charge on any atom is -0.326 e. The van der Waals surface area contributed by atoms with Crippen molar-refractivity contribution in [2.24, 2.45) is 11.7 Å². The molecule has 0 radical (unpaired) electrons. The van der Waals surface area contributed by atoms with Crippen LogP contribution in [0.2, 0.25) is 4.34 Å². The van der Waals surface area contributed by atoms with Gasteiger partial charge in [0.2, 0.25) is 0 Å². The van der Waals surface area contributed by atoms with Gasteiger partial charge in [0.25, 0.3) is 0 Å². The Morgan fingerprint density at radius 3 is 2.79 bits per heavy atom. The van der Waals surface area contributed by atoms with E-state index in [1.54, 1.807) is 11.3 Å². The van der Waals surface area contributed by atoms with Crippen molar-refractivity contribution in [2.45, 2.75) is 57.2 Å². The first-order chi connectivity index (χ1) is 9.16. The Bertz CT molecular complexity index is 432. The lowest BCUT2D eigenvalue weighted by Crippen LogP contribution is -2.49. The third kappa shape index (κ3) is 2.71. The maximum absolute atomic E-state index is 6.31. The predicted octanol–water partition coefficient (Wildman–Crippen LogP) is 4.05. The lowest BCUT2D eigenvalue weighted by molar-refractivity contribution is 0.0587. The van der Waals surface area contributed by atoms with Gasteiger partial charge in [-0.15, -0.1) is 11.3 Å². The van der Waals surface area contributed by atoms with Gasteiger partial charge in [0.15, 0.2) is 0 Å². The van der Waals surface area contributed by atoms with Crippen LogP contribution in [0.25, 0.3) is 0 Å². The largest absolute Gasteiger partial charge is 0.326 e. The number of likely N-dealkylation sites (tertiary alicyclic amines) is 1. The number of thiophene rings is 1. The van der Waals surface area contributed by atoms with Crippen LogP contribution in [-0.2, 0) is 0 Å². The van der Waals surface area contributed by atoms with Crippen LogP contribution >= 0.6 is 22.9 Å². The Labute approximate surface area is 124 Å². The number of nitrogens with two attached hydrogens (primary N) is 1. The summed E-state index contributed by atoms with van der Waals surface area (Å²) in [7, 11) is 0. The van der Waals surface area contributed by atoms with Gasteiger partial charge in [-0.1, -0.05) is 18.0 Å². The molecule has 0 bridgehead atoms. The molecule has 1 aliphatic heterocycles. The van der Waals surface area contributed by atoms with Crippen LogP contribution in [0.3, 0.4) is 0 Å². The summed E-state index contributed by atoms with van der Waals surface area (Å²) in [5.41, 5.74) is 6.31. The van der Waals surface area contributed by atoms with Crippen molar-refractivity contribution >= 4 is 22.9 Å². The number of hydrogen-bond acceptors (Lipinski definition) is 3. The van der Waals surface area contributed by atoms with Gasteiger partial charge < -0.3 is 5.73 Å².